The molecule has 1 aliphatic rings. The maximum atomic E-state index is 12.2. The van der Waals surface area contributed by atoms with Crippen LogP contribution in [0.1, 0.15) is 50.8 Å². The highest BCUT2D eigenvalue weighted by molar-refractivity contribution is 7.10. The molecule has 1 saturated carbocycles. The summed E-state index contributed by atoms with van der Waals surface area (Å²) in [5, 5.41) is 5.29. The zero-order valence-electron chi connectivity index (χ0n) is 12.9. The van der Waals surface area contributed by atoms with Gasteiger partial charge in [0.05, 0.1) is 0 Å². The summed E-state index contributed by atoms with van der Waals surface area (Å²) in [4.78, 5) is 13.6. The summed E-state index contributed by atoms with van der Waals surface area (Å²) < 4.78 is 0. The minimum absolute atomic E-state index is 0. The lowest BCUT2D eigenvalue weighted by Gasteiger charge is -2.37. The normalized spacial score (nSPS) is 20.1. The lowest BCUT2D eigenvalue weighted by atomic mass is 9.73. The monoisotopic (exact) mass is 330 g/mol. The van der Waals surface area contributed by atoms with Gasteiger partial charge in [0.25, 0.3) is 0 Å². The second kappa shape index (κ2) is 8.16. The van der Waals surface area contributed by atoms with Gasteiger partial charge in [0.15, 0.2) is 0 Å². The molecule has 2 unspecified atom stereocenters. The van der Waals surface area contributed by atoms with Crippen molar-refractivity contribution in [3.05, 3.63) is 22.4 Å². The van der Waals surface area contributed by atoms with Gasteiger partial charge in [-0.05, 0) is 31.2 Å². The predicted molar refractivity (Wildman–Crippen MR) is 92.2 cm³/mol. The molecule has 5 heteroatoms. The Morgan fingerprint density at radius 3 is 2.57 bits per heavy atom. The largest absolute Gasteiger partial charge is 0.355 e. The summed E-state index contributed by atoms with van der Waals surface area (Å²) >= 11 is 1.82. The number of carbonyl (C=O) groups is 1. The van der Waals surface area contributed by atoms with Crippen molar-refractivity contribution >= 4 is 29.7 Å². The fourth-order valence-electron chi connectivity index (χ4n) is 2.98. The lowest BCUT2D eigenvalue weighted by molar-refractivity contribution is -0.125. The van der Waals surface area contributed by atoms with Crippen LogP contribution in [0.15, 0.2) is 17.5 Å². The minimum Gasteiger partial charge on any atom is -0.355 e. The first-order valence-corrected chi connectivity index (χ1v) is 8.50. The van der Waals surface area contributed by atoms with Crippen LogP contribution >= 0.6 is 23.7 Å². The van der Waals surface area contributed by atoms with E-state index >= 15 is 0 Å². The van der Waals surface area contributed by atoms with Gasteiger partial charge in [-0.25, -0.2) is 0 Å². The van der Waals surface area contributed by atoms with Gasteiger partial charge < -0.3 is 11.1 Å². The highest BCUT2D eigenvalue weighted by Crippen LogP contribution is 2.41. The number of thiophene rings is 1. The summed E-state index contributed by atoms with van der Waals surface area (Å²) in [6.45, 7) is 4.54. The molecule has 21 heavy (non-hydrogen) atoms. The molecule has 0 bridgehead atoms. The number of nitrogens with one attached hydrogen (secondary N) is 1. The van der Waals surface area contributed by atoms with Gasteiger partial charge in [0.1, 0.15) is 0 Å². The van der Waals surface area contributed by atoms with Crippen LogP contribution in [-0.2, 0) is 10.2 Å². The van der Waals surface area contributed by atoms with Crippen LogP contribution in [-0.4, -0.2) is 18.5 Å². The van der Waals surface area contributed by atoms with Gasteiger partial charge >= 0.3 is 0 Å². The fourth-order valence-corrected chi connectivity index (χ4v) is 3.96. The zero-order chi connectivity index (χ0) is 14.6. The Hall–Kier alpha value is -0.580. The lowest BCUT2D eigenvalue weighted by Crippen LogP contribution is -2.46. The van der Waals surface area contributed by atoms with Gasteiger partial charge in [-0.1, -0.05) is 32.3 Å². The Morgan fingerprint density at radius 2 is 2.05 bits per heavy atom. The van der Waals surface area contributed by atoms with Crippen LogP contribution in [0.5, 0.6) is 0 Å². The van der Waals surface area contributed by atoms with Crippen molar-refractivity contribution in [1.29, 1.82) is 0 Å². The molecule has 0 aliphatic heterocycles. The van der Waals surface area contributed by atoms with Crippen molar-refractivity contribution in [1.82, 2.24) is 5.32 Å². The van der Waals surface area contributed by atoms with Crippen molar-refractivity contribution in [2.45, 2.75) is 57.4 Å². The standard InChI is InChI=1S/C16H26N2OS.ClH/c1-12(13(2)17)15(19)18-11-16(8-4-3-5-9-16)14-7-6-10-20-14;/h6-7,10,12-13H,3-5,8-9,11,17H2,1-2H3,(H,18,19);1H. The summed E-state index contributed by atoms with van der Waals surface area (Å²) in [7, 11) is 0. The van der Waals surface area contributed by atoms with Gasteiger partial charge in [0.2, 0.25) is 5.91 Å². The molecule has 0 spiro atoms. The number of halogens is 1. The molecule has 3 nitrogen and oxygen atoms in total. The van der Waals surface area contributed by atoms with E-state index in [1.807, 2.05) is 25.2 Å². The highest BCUT2D eigenvalue weighted by Gasteiger charge is 2.35. The third-order valence-electron chi connectivity index (χ3n) is 4.66. The Labute approximate surface area is 138 Å². The van der Waals surface area contributed by atoms with Crippen LogP contribution in [0.3, 0.4) is 0 Å². The topological polar surface area (TPSA) is 55.1 Å². The van der Waals surface area contributed by atoms with Crippen LogP contribution < -0.4 is 11.1 Å². The highest BCUT2D eigenvalue weighted by atomic mass is 35.5. The summed E-state index contributed by atoms with van der Waals surface area (Å²) in [6.07, 6.45) is 6.20. The van der Waals surface area contributed by atoms with E-state index in [0.29, 0.717) is 0 Å². The molecule has 2 atom stereocenters. The van der Waals surface area contributed by atoms with Gasteiger partial charge in [-0.15, -0.1) is 23.7 Å². The van der Waals surface area contributed by atoms with Gasteiger partial charge in [-0.2, -0.15) is 0 Å². The molecule has 1 heterocycles. The van der Waals surface area contributed by atoms with Crippen LogP contribution in [0.4, 0.5) is 0 Å². The Bertz CT molecular complexity index is 427. The van der Waals surface area contributed by atoms with E-state index in [9.17, 15) is 4.79 Å². The number of amides is 1. The molecule has 1 amide bonds. The average Bonchev–Trinajstić information content (AvgIpc) is 2.99. The molecule has 1 aliphatic carbocycles. The molecule has 1 fully saturated rings. The Kier molecular flexibility index (Phi) is 7.17. The summed E-state index contributed by atoms with van der Waals surface area (Å²) in [5.74, 6) is -0.0412. The number of hydrogen-bond acceptors (Lipinski definition) is 3. The van der Waals surface area contributed by atoms with E-state index < -0.39 is 0 Å². The second-order valence-corrected chi connectivity index (χ2v) is 7.13. The first kappa shape index (κ1) is 18.5. The molecular formula is C16H27ClN2OS. The number of nitrogens with two attached hydrogens (primary N) is 1. The molecule has 0 aromatic carbocycles. The summed E-state index contributed by atoms with van der Waals surface area (Å²) in [5.41, 5.74) is 5.97. The molecule has 0 radical (unpaired) electrons. The third kappa shape index (κ3) is 4.44. The van der Waals surface area contributed by atoms with Gasteiger partial charge in [0, 0.05) is 28.8 Å². The molecule has 0 saturated heterocycles. The van der Waals surface area contributed by atoms with Crippen molar-refractivity contribution < 1.29 is 4.79 Å². The first-order valence-electron chi connectivity index (χ1n) is 7.62. The number of rotatable bonds is 5. The quantitative estimate of drug-likeness (QED) is 0.868. The van der Waals surface area contributed by atoms with Gasteiger partial charge in [-0.3, -0.25) is 4.79 Å². The fraction of sp³-hybridized carbons (Fsp3) is 0.688. The van der Waals surface area contributed by atoms with E-state index in [2.05, 4.69) is 22.8 Å². The van der Waals surface area contributed by atoms with E-state index in [0.717, 1.165) is 6.54 Å². The SMILES string of the molecule is CC(N)C(C)C(=O)NCC1(c2cccs2)CCCCC1.Cl. The molecule has 120 valence electrons. The molecule has 1 aromatic heterocycles. The Balaban J connectivity index is 0.00000220. The van der Waals surface area contributed by atoms with Crippen molar-refractivity contribution in [2.24, 2.45) is 11.7 Å². The summed E-state index contributed by atoms with van der Waals surface area (Å²) in [6, 6.07) is 4.24. The number of carbonyl (C=O) groups excluding carboxylic acids is 1. The van der Waals surface area contributed by atoms with Crippen molar-refractivity contribution in [3.8, 4) is 0 Å². The molecular weight excluding hydrogens is 304 g/mol. The average molecular weight is 331 g/mol. The predicted octanol–water partition coefficient (Wildman–Crippen LogP) is 3.47. The zero-order valence-corrected chi connectivity index (χ0v) is 14.6. The van der Waals surface area contributed by atoms with Crippen molar-refractivity contribution in [3.63, 3.8) is 0 Å². The van der Waals surface area contributed by atoms with Crippen LogP contribution in [0.25, 0.3) is 0 Å². The maximum Gasteiger partial charge on any atom is 0.224 e. The molecule has 2 rings (SSSR count). The van der Waals surface area contributed by atoms with E-state index in [1.165, 1.54) is 37.0 Å². The van der Waals surface area contributed by atoms with Crippen LogP contribution in [0.2, 0.25) is 0 Å². The van der Waals surface area contributed by atoms with Crippen molar-refractivity contribution in [2.75, 3.05) is 6.54 Å². The van der Waals surface area contributed by atoms with Crippen LogP contribution in [0, 0.1) is 5.92 Å². The van der Waals surface area contributed by atoms with E-state index in [-0.39, 0.29) is 35.7 Å². The second-order valence-electron chi connectivity index (χ2n) is 6.18. The Morgan fingerprint density at radius 1 is 1.38 bits per heavy atom. The van der Waals surface area contributed by atoms with E-state index in [4.69, 9.17) is 5.73 Å². The maximum absolute atomic E-state index is 12.2. The van der Waals surface area contributed by atoms with E-state index in [1.54, 1.807) is 0 Å². The first-order chi connectivity index (χ1) is 9.55. The third-order valence-corrected chi connectivity index (χ3v) is 5.77. The smallest absolute Gasteiger partial charge is 0.224 e. The number of hydrogen-bond donors (Lipinski definition) is 2. The molecule has 3 N–H and O–H groups in total. The minimum atomic E-state index is -0.126. The molecule has 1 aromatic rings.